The topological polar surface area (TPSA) is 54.2 Å². The molecule has 0 spiro atoms. The standard InChI is InChI=1S/C19H27F2N5.HI/c1-4-22-19(24-9-5-6-11-26-12-10-23-15(26)3)25-14(2)17-8-7-16(20)13-18(17)21;/h7-8,10,12-14H,4-6,9,11H2,1-3H3,(H2,22,24,25);1H. The Balaban J connectivity index is 0.00000364. The van der Waals surface area contributed by atoms with Crippen LogP contribution < -0.4 is 10.6 Å². The number of hydrogen-bond donors (Lipinski definition) is 2. The highest BCUT2D eigenvalue weighted by molar-refractivity contribution is 14.0. The van der Waals surface area contributed by atoms with Crippen molar-refractivity contribution in [1.82, 2.24) is 20.2 Å². The number of aryl methyl sites for hydroxylation is 2. The Morgan fingerprint density at radius 1 is 1.30 bits per heavy atom. The Kier molecular flexibility index (Phi) is 10.3. The number of rotatable bonds is 8. The van der Waals surface area contributed by atoms with Gasteiger partial charge in [0.1, 0.15) is 17.5 Å². The third-order valence-corrected chi connectivity index (χ3v) is 4.13. The number of aromatic nitrogens is 2. The third kappa shape index (κ3) is 7.43. The summed E-state index contributed by atoms with van der Waals surface area (Å²) in [7, 11) is 0. The van der Waals surface area contributed by atoms with E-state index in [0.717, 1.165) is 31.3 Å². The number of aliphatic imine (C=N–C) groups is 1. The highest BCUT2D eigenvalue weighted by atomic mass is 127. The van der Waals surface area contributed by atoms with Crippen LogP contribution in [0.25, 0.3) is 0 Å². The van der Waals surface area contributed by atoms with Gasteiger partial charge < -0.3 is 15.2 Å². The van der Waals surface area contributed by atoms with Gasteiger partial charge in [0.2, 0.25) is 0 Å². The molecular formula is C19H28F2IN5. The molecule has 27 heavy (non-hydrogen) atoms. The molecule has 0 aliphatic heterocycles. The molecule has 0 fully saturated rings. The van der Waals surface area contributed by atoms with Crippen molar-refractivity contribution in [1.29, 1.82) is 0 Å². The lowest BCUT2D eigenvalue weighted by atomic mass is 10.1. The number of guanidine groups is 1. The average Bonchev–Trinajstić information content (AvgIpc) is 2.99. The first-order valence-electron chi connectivity index (χ1n) is 8.98. The lowest BCUT2D eigenvalue weighted by Gasteiger charge is -2.18. The molecule has 150 valence electrons. The molecule has 1 aromatic carbocycles. The minimum Gasteiger partial charge on any atom is -0.357 e. The summed E-state index contributed by atoms with van der Waals surface area (Å²) in [6, 6.07) is 3.30. The van der Waals surface area contributed by atoms with Gasteiger partial charge in [-0.3, -0.25) is 4.99 Å². The molecular weight excluding hydrogens is 463 g/mol. The second-order valence-electron chi connectivity index (χ2n) is 6.17. The van der Waals surface area contributed by atoms with Crippen molar-refractivity contribution in [2.45, 2.75) is 46.2 Å². The van der Waals surface area contributed by atoms with Crippen molar-refractivity contribution < 1.29 is 8.78 Å². The van der Waals surface area contributed by atoms with Crippen molar-refractivity contribution in [3.05, 3.63) is 53.6 Å². The van der Waals surface area contributed by atoms with Crippen LogP contribution in [-0.4, -0.2) is 28.6 Å². The SMILES string of the molecule is CCNC(=NCCCCn1ccnc1C)NC(C)c1ccc(F)cc1F.I. The Morgan fingerprint density at radius 3 is 2.70 bits per heavy atom. The second kappa shape index (κ2) is 11.9. The van der Waals surface area contributed by atoms with Gasteiger partial charge >= 0.3 is 0 Å². The van der Waals surface area contributed by atoms with Gasteiger partial charge in [-0.1, -0.05) is 6.07 Å². The molecule has 0 saturated carbocycles. The molecule has 0 amide bonds. The van der Waals surface area contributed by atoms with Gasteiger partial charge in [-0.25, -0.2) is 13.8 Å². The van der Waals surface area contributed by atoms with Gasteiger partial charge in [-0.15, -0.1) is 24.0 Å². The zero-order chi connectivity index (χ0) is 18.9. The van der Waals surface area contributed by atoms with Crippen LogP contribution in [0.5, 0.6) is 0 Å². The number of nitrogens with zero attached hydrogens (tertiary/aromatic N) is 3. The first-order chi connectivity index (χ1) is 12.5. The number of hydrogen-bond acceptors (Lipinski definition) is 2. The highest BCUT2D eigenvalue weighted by Crippen LogP contribution is 2.17. The highest BCUT2D eigenvalue weighted by Gasteiger charge is 2.13. The summed E-state index contributed by atoms with van der Waals surface area (Å²) in [5.74, 6) is 0.505. The van der Waals surface area contributed by atoms with E-state index in [-0.39, 0.29) is 30.0 Å². The molecule has 1 aromatic heterocycles. The Hall–Kier alpha value is -1.71. The molecule has 8 heteroatoms. The molecule has 0 saturated heterocycles. The van der Waals surface area contributed by atoms with E-state index in [0.29, 0.717) is 24.6 Å². The monoisotopic (exact) mass is 491 g/mol. The molecule has 0 aliphatic rings. The molecule has 0 bridgehead atoms. The predicted octanol–water partition coefficient (Wildman–Crippen LogP) is 4.18. The van der Waals surface area contributed by atoms with Crippen LogP contribution in [0.4, 0.5) is 8.78 Å². The molecule has 0 aliphatic carbocycles. The van der Waals surface area contributed by atoms with E-state index < -0.39 is 11.6 Å². The number of unbranched alkanes of at least 4 members (excludes halogenated alkanes) is 1. The number of benzene rings is 1. The largest absolute Gasteiger partial charge is 0.357 e. The molecule has 5 nitrogen and oxygen atoms in total. The fourth-order valence-corrected chi connectivity index (χ4v) is 2.68. The number of imidazole rings is 1. The number of nitrogens with one attached hydrogen (secondary N) is 2. The first kappa shape index (κ1) is 23.3. The van der Waals surface area contributed by atoms with E-state index >= 15 is 0 Å². The Labute approximate surface area is 176 Å². The van der Waals surface area contributed by atoms with Gasteiger partial charge in [0, 0.05) is 43.7 Å². The average molecular weight is 491 g/mol. The zero-order valence-electron chi connectivity index (χ0n) is 16.0. The van der Waals surface area contributed by atoms with Crippen LogP contribution in [0.3, 0.4) is 0 Å². The van der Waals surface area contributed by atoms with Gasteiger partial charge in [-0.2, -0.15) is 0 Å². The smallest absolute Gasteiger partial charge is 0.191 e. The fourth-order valence-electron chi connectivity index (χ4n) is 2.68. The summed E-state index contributed by atoms with van der Waals surface area (Å²) in [6.45, 7) is 8.08. The van der Waals surface area contributed by atoms with E-state index in [9.17, 15) is 8.78 Å². The van der Waals surface area contributed by atoms with Crippen LogP contribution in [0.2, 0.25) is 0 Å². The van der Waals surface area contributed by atoms with Crippen molar-refractivity contribution in [3.63, 3.8) is 0 Å². The molecule has 2 aromatic rings. The predicted molar refractivity (Wildman–Crippen MR) is 116 cm³/mol. The van der Waals surface area contributed by atoms with Crippen molar-refractivity contribution in [3.8, 4) is 0 Å². The molecule has 1 atom stereocenters. The summed E-state index contributed by atoms with van der Waals surface area (Å²) in [4.78, 5) is 8.74. The van der Waals surface area contributed by atoms with Crippen LogP contribution >= 0.6 is 24.0 Å². The molecule has 2 rings (SSSR count). The van der Waals surface area contributed by atoms with Crippen LogP contribution in [0.15, 0.2) is 35.6 Å². The normalized spacial score (nSPS) is 12.4. The van der Waals surface area contributed by atoms with Crippen LogP contribution in [0, 0.1) is 18.6 Å². The van der Waals surface area contributed by atoms with Crippen LogP contribution in [0.1, 0.15) is 44.1 Å². The van der Waals surface area contributed by atoms with E-state index in [1.165, 1.54) is 12.1 Å². The van der Waals surface area contributed by atoms with Gasteiger partial charge in [0.15, 0.2) is 5.96 Å². The van der Waals surface area contributed by atoms with Gasteiger partial charge in [0.05, 0.1) is 6.04 Å². The van der Waals surface area contributed by atoms with Crippen LogP contribution in [-0.2, 0) is 6.54 Å². The van der Waals surface area contributed by atoms with Crippen molar-refractivity contribution in [2.24, 2.45) is 4.99 Å². The molecule has 1 heterocycles. The quantitative estimate of drug-likeness (QED) is 0.252. The number of halogens is 3. The third-order valence-electron chi connectivity index (χ3n) is 4.13. The van der Waals surface area contributed by atoms with E-state index in [4.69, 9.17) is 0 Å². The Morgan fingerprint density at radius 2 is 2.07 bits per heavy atom. The summed E-state index contributed by atoms with van der Waals surface area (Å²) in [6.07, 6.45) is 5.72. The summed E-state index contributed by atoms with van der Waals surface area (Å²) < 4.78 is 29.1. The van der Waals surface area contributed by atoms with Gasteiger partial charge in [-0.05, 0) is 39.7 Å². The maximum Gasteiger partial charge on any atom is 0.191 e. The molecule has 0 radical (unpaired) electrons. The minimum atomic E-state index is -0.577. The van der Waals surface area contributed by atoms with E-state index in [1.807, 2.05) is 27.0 Å². The Bertz CT molecular complexity index is 733. The van der Waals surface area contributed by atoms with Crippen molar-refractivity contribution in [2.75, 3.05) is 13.1 Å². The first-order valence-corrected chi connectivity index (χ1v) is 8.98. The van der Waals surface area contributed by atoms with Gasteiger partial charge in [0.25, 0.3) is 0 Å². The fraction of sp³-hybridized carbons (Fsp3) is 0.474. The lowest BCUT2D eigenvalue weighted by Crippen LogP contribution is -2.39. The molecule has 1 unspecified atom stereocenters. The summed E-state index contributed by atoms with van der Waals surface area (Å²) >= 11 is 0. The maximum absolute atomic E-state index is 13.9. The van der Waals surface area contributed by atoms with E-state index in [2.05, 4.69) is 25.2 Å². The molecule has 2 N–H and O–H groups in total. The maximum atomic E-state index is 13.9. The lowest BCUT2D eigenvalue weighted by molar-refractivity contribution is 0.550. The minimum absolute atomic E-state index is 0. The van der Waals surface area contributed by atoms with E-state index in [1.54, 1.807) is 6.20 Å². The van der Waals surface area contributed by atoms with Crippen molar-refractivity contribution >= 4 is 29.9 Å². The summed E-state index contributed by atoms with van der Waals surface area (Å²) in [5.41, 5.74) is 0.410. The second-order valence-corrected chi connectivity index (χ2v) is 6.17. The summed E-state index contributed by atoms with van der Waals surface area (Å²) in [5, 5.41) is 6.32. The zero-order valence-corrected chi connectivity index (χ0v) is 18.3.